The third kappa shape index (κ3) is 3.57. The highest BCUT2D eigenvalue weighted by atomic mass is 16.5. The Bertz CT molecular complexity index is 377. The minimum Gasteiger partial charge on any atom is -0.381 e. The molecule has 0 aliphatic carbocycles. The van der Waals surface area contributed by atoms with Gasteiger partial charge in [-0.3, -0.25) is 0 Å². The molecule has 18 heavy (non-hydrogen) atoms. The molecular formula is C13H22N4O. The van der Waals surface area contributed by atoms with E-state index in [1.807, 2.05) is 20.0 Å². The van der Waals surface area contributed by atoms with Gasteiger partial charge >= 0.3 is 0 Å². The van der Waals surface area contributed by atoms with Gasteiger partial charge in [-0.15, -0.1) is 0 Å². The number of ether oxygens (including phenoxy) is 1. The average molecular weight is 250 g/mol. The van der Waals surface area contributed by atoms with E-state index in [-0.39, 0.29) is 0 Å². The fourth-order valence-corrected chi connectivity index (χ4v) is 2.06. The maximum absolute atomic E-state index is 5.36. The normalized spacial score (nSPS) is 16.6. The van der Waals surface area contributed by atoms with Crippen molar-refractivity contribution in [2.45, 2.75) is 26.7 Å². The van der Waals surface area contributed by atoms with E-state index in [9.17, 15) is 0 Å². The number of nitrogens with zero attached hydrogens (tertiary/aromatic N) is 2. The van der Waals surface area contributed by atoms with Gasteiger partial charge in [-0.1, -0.05) is 0 Å². The molecule has 0 unspecified atom stereocenters. The van der Waals surface area contributed by atoms with Crippen LogP contribution in [-0.4, -0.2) is 36.3 Å². The number of aryl methyl sites for hydroxylation is 1. The monoisotopic (exact) mass is 250 g/mol. The molecule has 0 aromatic carbocycles. The van der Waals surface area contributed by atoms with E-state index >= 15 is 0 Å². The molecule has 1 saturated heterocycles. The molecule has 0 radical (unpaired) electrons. The number of aromatic nitrogens is 2. The van der Waals surface area contributed by atoms with Gasteiger partial charge in [-0.25, -0.2) is 4.98 Å². The third-order valence-electron chi connectivity index (χ3n) is 3.21. The van der Waals surface area contributed by atoms with E-state index in [1.54, 1.807) is 0 Å². The van der Waals surface area contributed by atoms with E-state index in [2.05, 4.69) is 20.6 Å². The molecule has 0 bridgehead atoms. The second kappa shape index (κ2) is 6.54. The van der Waals surface area contributed by atoms with E-state index in [1.165, 1.54) is 0 Å². The van der Waals surface area contributed by atoms with Crippen molar-refractivity contribution in [1.29, 1.82) is 0 Å². The SMILES string of the molecule is CCNc1ncc(C)c(NCC2CCOCC2)n1. The van der Waals surface area contributed by atoms with Crippen LogP contribution in [0.15, 0.2) is 6.20 Å². The average Bonchev–Trinajstić information content (AvgIpc) is 2.41. The molecule has 5 nitrogen and oxygen atoms in total. The predicted octanol–water partition coefficient (Wildman–Crippen LogP) is 2.06. The van der Waals surface area contributed by atoms with E-state index in [0.29, 0.717) is 11.9 Å². The zero-order valence-corrected chi connectivity index (χ0v) is 11.2. The Labute approximate surface area is 108 Å². The first-order chi connectivity index (χ1) is 8.79. The van der Waals surface area contributed by atoms with Gasteiger partial charge in [-0.05, 0) is 32.6 Å². The summed E-state index contributed by atoms with van der Waals surface area (Å²) < 4.78 is 5.36. The van der Waals surface area contributed by atoms with Crippen LogP contribution in [0.25, 0.3) is 0 Å². The molecule has 0 saturated carbocycles. The maximum atomic E-state index is 5.36. The summed E-state index contributed by atoms with van der Waals surface area (Å²) in [6, 6.07) is 0. The van der Waals surface area contributed by atoms with Crippen LogP contribution in [0.5, 0.6) is 0 Å². The molecule has 0 amide bonds. The van der Waals surface area contributed by atoms with Gasteiger partial charge in [-0.2, -0.15) is 4.98 Å². The van der Waals surface area contributed by atoms with Crippen LogP contribution in [0.4, 0.5) is 11.8 Å². The molecule has 0 atom stereocenters. The highest BCUT2D eigenvalue weighted by Gasteiger charge is 2.14. The number of hydrogen-bond donors (Lipinski definition) is 2. The van der Waals surface area contributed by atoms with Gasteiger partial charge in [0.1, 0.15) is 5.82 Å². The molecule has 2 heterocycles. The quantitative estimate of drug-likeness (QED) is 0.837. The standard InChI is InChI=1S/C13H22N4O/c1-3-14-13-16-8-10(2)12(17-13)15-9-11-4-6-18-7-5-11/h8,11H,3-7,9H2,1-2H3,(H2,14,15,16,17). The molecule has 1 aromatic heterocycles. The summed E-state index contributed by atoms with van der Waals surface area (Å²) in [5, 5.41) is 6.57. The van der Waals surface area contributed by atoms with Gasteiger partial charge in [0.25, 0.3) is 0 Å². The second-order valence-corrected chi connectivity index (χ2v) is 4.69. The first-order valence-electron chi connectivity index (χ1n) is 6.68. The van der Waals surface area contributed by atoms with E-state index < -0.39 is 0 Å². The Morgan fingerprint density at radius 3 is 2.83 bits per heavy atom. The van der Waals surface area contributed by atoms with Crippen LogP contribution >= 0.6 is 0 Å². The van der Waals surface area contributed by atoms with Crippen LogP contribution in [0.3, 0.4) is 0 Å². The summed E-state index contributed by atoms with van der Waals surface area (Å²) in [4.78, 5) is 8.72. The third-order valence-corrected chi connectivity index (χ3v) is 3.21. The summed E-state index contributed by atoms with van der Waals surface area (Å²) in [5.41, 5.74) is 1.09. The van der Waals surface area contributed by atoms with Gasteiger partial charge in [0.05, 0.1) is 0 Å². The lowest BCUT2D eigenvalue weighted by atomic mass is 10.0. The zero-order chi connectivity index (χ0) is 12.8. The lowest BCUT2D eigenvalue weighted by molar-refractivity contribution is 0.0699. The van der Waals surface area contributed by atoms with Gasteiger partial charge in [0.15, 0.2) is 0 Å². The van der Waals surface area contributed by atoms with E-state index in [0.717, 1.165) is 50.5 Å². The number of hydrogen-bond acceptors (Lipinski definition) is 5. The summed E-state index contributed by atoms with van der Waals surface area (Å²) in [6.45, 7) is 7.64. The smallest absolute Gasteiger partial charge is 0.224 e. The Morgan fingerprint density at radius 1 is 1.33 bits per heavy atom. The summed E-state index contributed by atoms with van der Waals surface area (Å²) >= 11 is 0. The first kappa shape index (κ1) is 13.1. The molecule has 5 heteroatoms. The van der Waals surface area contributed by atoms with Crippen molar-refractivity contribution in [2.24, 2.45) is 5.92 Å². The molecule has 1 aliphatic rings. The van der Waals surface area contributed by atoms with Crippen molar-refractivity contribution in [3.8, 4) is 0 Å². The van der Waals surface area contributed by atoms with Crippen molar-refractivity contribution in [3.05, 3.63) is 11.8 Å². The number of nitrogens with one attached hydrogen (secondary N) is 2. The molecule has 100 valence electrons. The van der Waals surface area contributed by atoms with Crippen LogP contribution < -0.4 is 10.6 Å². The van der Waals surface area contributed by atoms with Crippen LogP contribution in [0.1, 0.15) is 25.3 Å². The largest absolute Gasteiger partial charge is 0.381 e. The fraction of sp³-hybridized carbons (Fsp3) is 0.692. The Kier molecular flexibility index (Phi) is 4.75. The Hall–Kier alpha value is -1.36. The van der Waals surface area contributed by atoms with Crippen molar-refractivity contribution >= 4 is 11.8 Å². The minimum atomic E-state index is 0.690. The summed E-state index contributed by atoms with van der Waals surface area (Å²) in [6.07, 6.45) is 4.13. The highest BCUT2D eigenvalue weighted by Crippen LogP contribution is 2.17. The second-order valence-electron chi connectivity index (χ2n) is 4.69. The van der Waals surface area contributed by atoms with Gasteiger partial charge in [0, 0.05) is 38.1 Å². The lowest BCUT2D eigenvalue weighted by Gasteiger charge is -2.22. The molecular weight excluding hydrogens is 228 g/mol. The molecule has 2 rings (SSSR count). The molecule has 1 aromatic rings. The molecule has 1 fully saturated rings. The maximum Gasteiger partial charge on any atom is 0.224 e. The highest BCUT2D eigenvalue weighted by molar-refractivity contribution is 5.46. The zero-order valence-electron chi connectivity index (χ0n) is 11.2. The van der Waals surface area contributed by atoms with Gasteiger partial charge in [0.2, 0.25) is 5.95 Å². The Morgan fingerprint density at radius 2 is 2.11 bits per heavy atom. The Balaban J connectivity index is 1.92. The van der Waals surface area contributed by atoms with Crippen LogP contribution in [0, 0.1) is 12.8 Å². The van der Waals surface area contributed by atoms with Crippen LogP contribution in [-0.2, 0) is 4.74 Å². The number of anilines is 2. The molecule has 1 aliphatic heterocycles. The first-order valence-corrected chi connectivity index (χ1v) is 6.68. The van der Waals surface area contributed by atoms with Crippen molar-refractivity contribution < 1.29 is 4.74 Å². The minimum absolute atomic E-state index is 0.690. The summed E-state index contributed by atoms with van der Waals surface area (Å²) in [7, 11) is 0. The molecule has 2 N–H and O–H groups in total. The predicted molar refractivity (Wildman–Crippen MR) is 73.0 cm³/mol. The van der Waals surface area contributed by atoms with Gasteiger partial charge < -0.3 is 15.4 Å². The molecule has 0 spiro atoms. The van der Waals surface area contributed by atoms with Crippen molar-refractivity contribution in [1.82, 2.24) is 9.97 Å². The number of rotatable bonds is 5. The van der Waals surface area contributed by atoms with E-state index in [4.69, 9.17) is 4.74 Å². The van der Waals surface area contributed by atoms with Crippen molar-refractivity contribution in [3.63, 3.8) is 0 Å². The topological polar surface area (TPSA) is 59.1 Å². The van der Waals surface area contributed by atoms with Crippen LogP contribution in [0.2, 0.25) is 0 Å². The lowest BCUT2D eigenvalue weighted by Crippen LogP contribution is -2.23. The fourth-order valence-electron chi connectivity index (χ4n) is 2.06. The van der Waals surface area contributed by atoms with Crippen molar-refractivity contribution in [2.75, 3.05) is 36.9 Å². The summed E-state index contributed by atoms with van der Waals surface area (Å²) in [5.74, 6) is 2.32.